The van der Waals surface area contributed by atoms with E-state index in [1.165, 1.54) is 11.3 Å². The van der Waals surface area contributed by atoms with Gasteiger partial charge in [0.1, 0.15) is 11.5 Å². The predicted molar refractivity (Wildman–Crippen MR) is 111 cm³/mol. The first kappa shape index (κ1) is 17.5. The number of furan rings is 1. The zero-order valence-electron chi connectivity index (χ0n) is 14.5. The molecule has 134 valence electrons. The van der Waals surface area contributed by atoms with Gasteiger partial charge in [-0.15, -0.1) is 11.3 Å². The van der Waals surface area contributed by atoms with Crippen molar-refractivity contribution in [3.05, 3.63) is 94.0 Å². The van der Waals surface area contributed by atoms with E-state index in [0.29, 0.717) is 5.02 Å². The fraction of sp³-hybridized carbons (Fsp3) is 0.0476. The van der Waals surface area contributed by atoms with Crippen molar-refractivity contribution in [2.45, 2.75) is 6.92 Å². The van der Waals surface area contributed by atoms with E-state index in [-0.39, 0.29) is 0 Å². The fourth-order valence-electron chi connectivity index (χ4n) is 2.62. The average molecular weight is 394 g/mol. The van der Waals surface area contributed by atoms with Crippen molar-refractivity contribution in [1.29, 1.82) is 0 Å². The van der Waals surface area contributed by atoms with Crippen molar-refractivity contribution >= 4 is 34.3 Å². The van der Waals surface area contributed by atoms with Crippen molar-refractivity contribution in [2.24, 2.45) is 10.1 Å². The maximum atomic E-state index is 6.19. The maximum Gasteiger partial charge on any atom is 0.211 e. The van der Waals surface area contributed by atoms with Gasteiger partial charge in [-0.3, -0.25) is 0 Å². The molecule has 0 aliphatic heterocycles. The fourth-order valence-corrected chi connectivity index (χ4v) is 3.66. The molecule has 0 aliphatic rings. The minimum absolute atomic E-state index is 0.679. The Morgan fingerprint density at radius 3 is 2.63 bits per heavy atom. The van der Waals surface area contributed by atoms with Gasteiger partial charge in [0.25, 0.3) is 0 Å². The second-order valence-electron chi connectivity index (χ2n) is 5.84. The molecule has 0 atom stereocenters. The molecule has 6 heteroatoms. The van der Waals surface area contributed by atoms with E-state index in [1.54, 1.807) is 6.26 Å². The summed E-state index contributed by atoms with van der Waals surface area (Å²) in [6.07, 6.45) is 1.64. The highest BCUT2D eigenvalue weighted by molar-refractivity contribution is 7.07. The van der Waals surface area contributed by atoms with Gasteiger partial charge in [-0.25, -0.2) is 9.67 Å². The Morgan fingerprint density at radius 2 is 1.89 bits per heavy atom. The van der Waals surface area contributed by atoms with Crippen LogP contribution >= 0.6 is 22.9 Å². The average Bonchev–Trinajstić information content (AvgIpc) is 3.34. The van der Waals surface area contributed by atoms with E-state index in [2.05, 4.69) is 0 Å². The Labute approximate surface area is 165 Å². The van der Waals surface area contributed by atoms with E-state index in [0.717, 1.165) is 33.2 Å². The summed E-state index contributed by atoms with van der Waals surface area (Å²) in [5.41, 5.74) is 3.53. The summed E-state index contributed by atoms with van der Waals surface area (Å²) in [5, 5.41) is 7.49. The smallest absolute Gasteiger partial charge is 0.211 e. The summed E-state index contributed by atoms with van der Waals surface area (Å²) in [4.78, 5) is 5.52. The second-order valence-corrected chi connectivity index (χ2v) is 7.11. The number of aromatic nitrogens is 1. The molecule has 0 spiro atoms. The molecule has 0 fully saturated rings. The first-order valence-electron chi connectivity index (χ1n) is 8.36. The predicted octanol–water partition coefficient (Wildman–Crippen LogP) is 5.97. The SMILES string of the molecule is CC(=Nn1c(-c2cccc(Cl)c2)csc1=Nc1ccccc1)c1ccco1. The first-order valence-corrected chi connectivity index (χ1v) is 9.62. The summed E-state index contributed by atoms with van der Waals surface area (Å²) in [6, 6.07) is 21.3. The lowest BCUT2D eigenvalue weighted by Crippen LogP contribution is -2.13. The van der Waals surface area contributed by atoms with Crippen LogP contribution in [0.1, 0.15) is 12.7 Å². The molecular formula is C21H16ClN3OS. The zero-order valence-corrected chi connectivity index (χ0v) is 16.1. The molecule has 4 rings (SSSR count). The molecule has 0 radical (unpaired) electrons. The summed E-state index contributed by atoms with van der Waals surface area (Å²) in [6.45, 7) is 1.91. The number of hydrogen-bond acceptors (Lipinski definition) is 4. The molecule has 0 saturated heterocycles. The standard InChI is InChI=1S/C21H16ClN3OS/c1-15(20-11-6-12-26-20)24-25-19(16-7-5-8-17(22)13-16)14-27-21(25)23-18-9-3-2-4-10-18/h2-14H,1H3. The van der Waals surface area contributed by atoms with Crippen molar-refractivity contribution in [1.82, 2.24) is 4.68 Å². The lowest BCUT2D eigenvalue weighted by Gasteiger charge is -2.05. The molecule has 0 amide bonds. The van der Waals surface area contributed by atoms with Crippen LogP contribution in [0.15, 0.2) is 92.9 Å². The highest BCUT2D eigenvalue weighted by atomic mass is 35.5. The molecule has 4 aromatic rings. The Bertz CT molecular complexity index is 1140. The lowest BCUT2D eigenvalue weighted by molar-refractivity contribution is 0.556. The highest BCUT2D eigenvalue weighted by Gasteiger charge is 2.10. The van der Waals surface area contributed by atoms with Crippen LogP contribution in [-0.2, 0) is 0 Å². The van der Waals surface area contributed by atoms with Gasteiger partial charge in [0.2, 0.25) is 4.80 Å². The third-order valence-corrected chi connectivity index (χ3v) is 4.97. The van der Waals surface area contributed by atoms with Gasteiger partial charge in [0.05, 0.1) is 17.6 Å². The molecular weight excluding hydrogens is 378 g/mol. The number of nitrogens with zero attached hydrogens (tertiary/aromatic N) is 3. The number of benzene rings is 2. The Morgan fingerprint density at radius 1 is 1.04 bits per heavy atom. The molecule has 0 unspecified atom stereocenters. The molecule has 0 bridgehead atoms. The van der Waals surface area contributed by atoms with Gasteiger partial charge in [-0.1, -0.05) is 41.9 Å². The largest absolute Gasteiger partial charge is 0.463 e. The van der Waals surface area contributed by atoms with Crippen molar-refractivity contribution in [2.75, 3.05) is 0 Å². The van der Waals surface area contributed by atoms with Gasteiger partial charge in [0.15, 0.2) is 0 Å². The van der Waals surface area contributed by atoms with Crippen LogP contribution in [0.25, 0.3) is 11.3 Å². The first-order chi connectivity index (χ1) is 13.2. The summed E-state index contributed by atoms with van der Waals surface area (Å²) >= 11 is 7.72. The van der Waals surface area contributed by atoms with E-state index < -0.39 is 0 Å². The maximum absolute atomic E-state index is 6.19. The van der Waals surface area contributed by atoms with Gasteiger partial charge < -0.3 is 4.42 Å². The van der Waals surface area contributed by atoms with Crippen molar-refractivity contribution in [3.8, 4) is 11.3 Å². The van der Waals surface area contributed by atoms with Gasteiger partial charge in [-0.2, -0.15) is 5.10 Å². The topological polar surface area (TPSA) is 42.8 Å². The van der Waals surface area contributed by atoms with Gasteiger partial charge >= 0.3 is 0 Å². The van der Waals surface area contributed by atoms with Crippen LogP contribution in [0.5, 0.6) is 0 Å². The normalized spacial score (nSPS) is 12.5. The van der Waals surface area contributed by atoms with Gasteiger partial charge in [0, 0.05) is 16.0 Å². The Hall–Kier alpha value is -2.89. The minimum atomic E-state index is 0.679. The summed E-state index contributed by atoms with van der Waals surface area (Å²) < 4.78 is 7.31. The number of halogens is 1. The summed E-state index contributed by atoms with van der Waals surface area (Å²) in [7, 11) is 0. The zero-order chi connectivity index (χ0) is 18.6. The van der Waals surface area contributed by atoms with Crippen LogP contribution in [0.4, 0.5) is 5.69 Å². The molecule has 0 saturated carbocycles. The molecule has 4 nitrogen and oxygen atoms in total. The number of para-hydroxylation sites is 1. The van der Waals surface area contributed by atoms with Crippen molar-refractivity contribution in [3.63, 3.8) is 0 Å². The molecule has 2 aromatic carbocycles. The Kier molecular flexibility index (Phi) is 5.05. The Balaban J connectivity index is 1.91. The summed E-state index contributed by atoms with van der Waals surface area (Å²) in [5.74, 6) is 0.719. The molecule has 27 heavy (non-hydrogen) atoms. The lowest BCUT2D eigenvalue weighted by atomic mass is 10.2. The van der Waals surface area contributed by atoms with E-state index in [4.69, 9.17) is 26.1 Å². The molecule has 0 N–H and O–H groups in total. The molecule has 2 aromatic heterocycles. The highest BCUT2D eigenvalue weighted by Crippen LogP contribution is 2.24. The number of thiazole rings is 1. The van der Waals surface area contributed by atoms with Crippen molar-refractivity contribution < 1.29 is 4.42 Å². The monoisotopic (exact) mass is 393 g/mol. The third-order valence-electron chi connectivity index (χ3n) is 3.91. The molecule has 0 aliphatic carbocycles. The number of rotatable bonds is 4. The van der Waals surface area contributed by atoms with Crippen LogP contribution in [-0.4, -0.2) is 10.4 Å². The van der Waals surface area contributed by atoms with Crippen LogP contribution in [0.3, 0.4) is 0 Å². The van der Waals surface area contributed by atoms with Crippen LogP contribution < -0.4 is 4.80 Å². The minimum Gasteiger partial charge on any atom is -0.463 e. The van der Waals surface area contributed by atoms with E-state index in [1.807, 2.05) is 83.7 Å². The van der Waals surface area contributed by atoms with Gasteiger partial charge in [-0.05, 0) is 43.3 Å². The van der Waals surface area contributed by atoms with Crippen LogP contribution in [0.2, 0.25) is 5.02 Å². The van der Waals surface area contributed by atoms with Crippen LogP contribution in [0, 0.1) is 0 Å². The molecule has 2 heterocycles. The third kappa shape index (κ3) is 3.94. The van der Waals surface area contributed by atoms with E-state index in [9.17, 15) is 0 Å². The quantitative estimate of drug-likeness (QED) is 0.394. The van der Waals surface area contributed by atoms with E-state index >= 15 is 0 Å². The second kappa shape index (κ2) is 7.78. The number of hydrogen-bond donors (Lipinski definition) is 0.